The van der Waals surface area contributed by atoms with Gasteiger partial charge in [-0.05, 0) is 23.8 Å². The number of para-hydroxylation sites is 1. The second-order valence-electron chi connectivity index (χ2n) is 4.07. The van der Waals surface area contributed by atoms with E-state index in [2.05, 4.69) is 15.9 Å². The summed E-state index contributed by atoms with van der Waals surface area (Å²) >= 11 is 9.49. The van der Waals surface area contributed by atoms with Crippen LogP contribution in [0.25, 0.3) is 0 Å². The summed E-state index contributed by atoms with van der Waals surface area (Å²) in [6.45, 7) is 0.307. The van der Waals surface area contributed by atoms with E-state index in [0.717, 1.165) is 11.1 Å². The molecule has 0 fully saturated rings. The van der Waals surface area contributed by atoms with Gasteiger partial charge in [-0.15, -0.1) is 0 Å². The number of nitro groups is 1. The Hall–Kier alpha value is -1.59. The predicted molar refractivity (Wildman–Crippen MR) is 81.5 cm³/mol. The topological polar surface area (TPSA) is 52.4 Å². The Morgan fingerprint density at radius 2 is 1.90 bits per heavy atom. The number of ether oxygens (including phenoxy) is 1. The minimum absolute atomic E-state index is 0.0626. The Labute approximate surface area is 129 Å². The molecular formula is C14H11BrClNO3. The number of non-ortho nitro benzene ring substituents is 1. The van der Waals surface area contributed by atoms with Crippen molar-refractivity contribution < 1.29 is 9.66 Å². The highest BCUT2D eigenvalue weighted by molar-refractivity contribution is 9.08. The molecule has 4 nitrogen and oxygen atoms in total. The minimum Gasteiger partial charge on any atom is -0.487 e. The number of alkyl halides is 1. The van der Waals surface area contributed by atoms with Gasteiger partial charge in [-0.3, -0.25) is 10.1 Å². The van der Waals surface area contributed by atoms with E-state index in [9.17, 15) is 10.1 Å². The van der Waals surface area contributed by atoms with Gasteiger partial charge in [0.25, 0.3) is 5.69 Å². The van der Waals surface area contributed by atoms with Crippen molar-refractivity contribution in [2.45, 2.75) is 11.9 Å². The number of halogens is 2. The summed E-state index contributed by atoms with van der Waals surface area (Å²) < 4.78 is 5.71. The van der Waals surface area contributed by atoms with E-state index in [4.69, 9.17) is 16.3 Å². The van der Waals surface area contributed by atoms with E-state index < -0.39 is 4.92 Å². The molecule has 0 amide bonds. The summed E-state index contributed by atoms with van der Waals surface area (Å²) in [7, 11) is 0. The number of nitrogens with zero attached hydrogens (tertiary/aromatic N) is 1. The molecule has 104 valence electrons. The van der Waals surface area contributed by atoms with Crippen LogP contribution >= 0.6 is 27.5 Å². The Kier molecular flexibility index (Phi) is 4.98. The Morgan fingerprint density at radius 3 is 2.50 bits per heavy atom. The molecule has 0 saturated heterocycles. The minimum atomic E-state index is -0.429. The van der Waals surface area contributed by atoms with Crippen molar-refractivity contribution in [2.24, 2.45) is 0 Å². The van der Waals surface area contributed by atoms with Crippen LogP contribution in [0.2, 0.25) is 5.02 Å². The monoisotopic (exact) mass is 355 g/mol. The molecule has 0 N–H and O–H groups in total. The predicted octanol–water partition coefficient (Wildman–Crippen LogP) is 4.72. The maximum absolute atomic E-state index is 10.6. The van der Waals surface area contributed by atoms with Gasteiger partial charge < -0.3 is 4.74 Å². The number of hydrogen-bond acceptors (Lipinski definition) is 3. The lowest BCUT2D eigenvalue weighted by Crippen LogP contribution is -1.99. The molecule has 6 heteroatoms. The average molecular weight is 357 g/mol. The Morgan fingerprint density at radius 1 is 1.20 bits per heavy atom. The molecule has 0 aliphatic carbocycles. The third kappa shape index (κ3) is 3.49. The van der Waals surface area contributed by atoms with Crippen molar-refractivity contribution >= 4 is 33.2 Å². The number of benzene rings is 2. The van der Waals surface area contributed by atoms with Crippen molar-refractivity contribution in [3.63, 3.8) is 0 Å². The van der Waals surface area contributed by atoms with Crippen LogP contribution in [0, 0.1) is 10.1 Å². The quantitative estimate of drug-likeness (QED) is 0.442. The van der Waals surface area contributed by atoms with Crippen molar-refractivity contribution in [2.75, 3.05) is 0 Å². The van der Waals surface area contributed by atoms with Crippen LogP contribution in [0.15, 0.2) is 42.5 Å². The maximum Gasteiger partial charge on any atom is 0.269 e. The van der Waals surface area contributed by atoms with Gasteiger partial charge in [-0.2, -0.15) is 0 Å². The fourth-order valence-electron chi connectivity index (χ4n) is 1.69. The molecule has 0 radical (unpaired) electrons. The highest BCUT2D eigenvalue weighted by atomic mass is 79.9. The fourth-order valence-corrected chi connectivity index (χ4v) is 2.38. The summed E-state index contributed by atoms with van der Waals surface area (Å²) in [6, 6.07) is 11.8. The van der Waals surface area contributed by atoms with Crippen molar-refractivity contribution in [1.29, 1.82) is 0 Å². The third-order valence-corrected chi connectivity index (χ3v) is 3.62. The van der Waals surface area contributed by atoms with E-state index >= 15 is 0 Å². The molecule has 0 heterocycles. The number of rotatable bonds is 5. The number of hydrogen-bond donors (Lipinski definition) is 0. The van der Waals surface area contributed by atoms with Gasteiger partial charge in [0.05, 0.1) is 9.95 Å². The third-order valence-electron chi connectivity index (χ3n) is 2.72. The molecule has 0 atom stereocenters. The van der Waals surface area contributed by atoms with Gasteiger partial charge in [-0.25, -0.2) is 0 Å². The van der Waals surface area contributed by atoms with Crippen LogP contribution in [0.3, 0.4) is 0 Å². The van der Waals surface area contributed by atoms with Gasteiger partial charge in [0.2, 0.25) is 0 Å². The van der Waals surface area contributed by atoms with E-state index in [0.29, 0.717) is 22.7 Å². The lowest BCUT2D eigenvalue weighted by Gasteiger charge is -2.11. The highest BCUT2D eigenvalue weighted by Crippen LogP contribution is 2.30. The van der Waals surface area contributed by atoms with Gasteiger partial charge in [0, 0.05) is 23.0 Å². The number of nitro benzene ring substituents is 1. The van der Waals surface area contributed by atoms with Crippen molar-refractivity contribution in [1.82, 2.24) is 0 Å². The molecule has 0 aliphatic rings. The van der Waals surface area contributed by atoms with E-state index in [1.807, 2.05) is 12.1 Å². The lowest BCUT2D eigenvalue weighted by molar-refractivity contribution is -0.384. The van der Waals surface area contributed by atoms with Crippen LogP contribution in [0.5, 0.6) is 5.75 Å². The molecule has 2 aromatic carbocycles. The van der Waals surface area contributed by atoms with Gasteiger partial charge in [0.15, 0.2) is 0 Å². The van der Waals surface area contributed by atoms with Crippen LogP contribution in [-0.4, -0.2) is 4.92 Å². The largest absolute Gasteiger partial charge is 0.487 e. The zero-order valence-electron chi connectivity index (χ0n) is 10.4. The van der Waals surface area contributed by atoms with E-state index in [1.165, 1.54) is 12.1 Å². The molecule has 0 spiro atoms. The average Bonchev–Trinajstić information content (AvgIpc) is 2.46. The molecule has 0 aliphatic heterocycles. The van der Waals surface area contributed by atoms with Crippen LogP contribution in [0.1, 0.15) is 11.1 Å². The molecular weight excluding hydrogens is 346 g/mol. The zero-order valence-corrected chi connectivity index (χ0v) is 12.7. The first kappa shape index (κ1) is 14.8. The Bertz CT molecular complexity index is 616. The summed E-state index contributed by atoms with van der Waals surface area (Å²) in [6.07, 6.45) is 0. The molecule has 0 bridgehead atoms. The van der Waals surface area contributed by atoms with Crippen molar-refractivity contribution in [3.05, 3.63) is 68.7 Å². The summed E-state index contributed by atoms with van der Waals surface area (Å²) in [5.74, 6) is 0.629. The first-order valence-electron chi connectivity index (χ1n) is 5.81. The standard InChI is InChI=1S/C14H11BrClNO3/c15-8-11-2-1-3-13(16)14(11)20-9-10-4-6-12(7-5-10)17(18)19/h1-7H,8-9H2. The van der Waals surface area contributed by atoms with Gasteiger partial charge >= 0.3 is 0 Å². The normalized spacial score (nSPS) is 10.3. The first-order chi connectivity index (χ1) is 9.61. The Balaban J connectivity index is 2.11. The maximum atomic E-state index is 10.6. The van der Waals surface area contributed by atoms with Crippen LogP contribution < -0.4 is 4.74 Å². The summed E-state index contributed by atoms with van der Waals surface area (Å²) in [5.41, 5.74) is 1.86. The lowest BCUT2D eigenvalue weighted by atomic mass is 10.2. The fraction of sp³-hybridized carbons (Fsp3) is 0.143. The van der Waals surface area contributed by atoms with Crippen molar-refractivity contribution in [3.8, 4) is 5.75 Å². The van der Waals surface area contributed by atoms with E-state index in [-0.39, 0.29) is 5.69 Å². The van der Waals surface area contributed by atoms with Crippen LogP contribution in [0.4, 0.5) is 5.69 Å². The van der Waals surface area contributed by atoms with Gasteiger partial charge in [0.1, 0.15) is 12.4 Å². The zero-order chi connectivity index (χ0) is 14.5. The molecule has 0 unspecified atom stereocenters. The van der Waals surface area contributed by atoms with E-state index in [1.54, 1.807) is 18.2 Å². The van der Waals surface area contributed by atoms with Gasteiger partial charge in [-0.1, -0.05) is 39.7 Å². The second kappa shape index (κ2) is 6.72. The highest BCUT2D eigenvalue weighted by Gasteiger charge is 2.09. The molecule has 0 aromatic heterocycles. The molecule has 2 aromatic rings. The molecule has 0 saturated carbocycles. The molecule has 20 heavy (non-hydrogen) atoms. The first-order valence-corrected chi connectivity index (χ1v) is 7.31. The van der Waals surface area contributed by atoms with Crippen LogP contribution in [-0.2, 0) is 11.9 Å². The summed E-state index contributed by atoms with van der Waals surface area (Å²) in [5, 5.41) is 11.8. The smallest absolute Gasteiger partial charge is 0.269 e. The summed E-state index contributed by atoms with van der Waals surface area (Å²) in [4.78, 5) is 10.1. The second-order valence-corrected chi connectivity index (χ2v) is 5.04. The SMILES string of the molecule is O=[N+]([O-])c1ccc(COc2c(Cl)cccc2CBr)cc1. The molecule has 2 rings (SSSR count).